The van der Waals surface area contributed by atoms with Crippen molar-refractivity contribution in [1.29, 1.82) is 0 Å². The van der Waals surface area contributed by atoms with E-state index in [-0.39, 0.29) is 18.0 Å². The molecule has 3 aromatic heterocycles. The van der Waals surface area contributed by atoms with Gasteiger partial charge in [0.1, 0.15) is 17.1 Å². The molecular formula is C22H18N2O4. The van der Waals surface area contributed by atoms with Crippen LogP contribution < -0.4 is 5.56 Å². The summed E-state index contributed by atoms with van der Waals surface area (Å²) >= 11 is 0. The topological polar surface area (TPSA) is 79.5 Å². The smallest absolute Gasteiger partial charge is 0.261 e. The maximum atomic E-state index is 13.1. The minimum absolute atomic E-state index is 0.0674. The number of aromatic amines is 1. The second-order valence-corrected chi connectivity index (χ2v) is 6.32. The molecule has 1 amide bonds. The molecule has 0 aliphatic rings. The van der Waals surface area contributed by atoms with E-state index in [2.05, 4.69) is 4.98 Å². The average molecular weight is 374 g/mol. The van der Waals surface area contributed by atoms with Crippen LogP contribution in [0, 0.1) is 0 Å². The van der Waals surface area contributed by atoms with Crippen molar-refractivity contribution in [2.75, 3.05) is 0 Å². The average Bonchev–Trinajstić information content (AvgIpc) is 3.42. The Morgan fingerprint density at radius 1 is 0.857 bits per heavy atom. The molecule has 0 aliphatic carbocycles. The van der Waals surface area contributed by atoms with Gasteiger partial charge in [-0.15, -0.1) is 0 Å². The molecule has 140 valence electrons. The van der Waals surface area contributed by atoms with Crippen LogP contribution in [0.5, 0.6) is 0 Å². The number of rotatable bonds is 6. The molecule has 0 fully saturated rings. The summed E-state index contributed by atoms with van der Waals surface area (Å²) in [4.78, 5) is 30.0. The Kier molecular flexibility index (Phi) is 4.93. The Morgan fingerprint density at radius 3 is 2.32 bits per heavy atom. The van der Waals surface area contributed by atoms with Crippen LogP contribution in [-0.4, -0.2) is 15.8 Å². The molecule has 0 saturated carbocycles. The van der Waals surface area contributed by atoms with Gasteiger partial charge in [-0.3, -0.25) is 9.59 Å². The minimum atomic E-state index is -0.462. The van der Waals surface area contributed by atoms with Crippen LogP contribution in [0.1, 0.15) is 21.7 Å². The zero-order valence-corrected chi connectivity index (χ0v) is 15.0. The van der Waals surface area contributed by atoms with Gasteiger partial charge in [0.15, 0.2) is 0 Å². The number of aromatic nitrogens is 1. The van der Waals surface area contributed by atoms with Crippen LogP contribution in [0.15, 0.2) is 92.9 Å². The van der Waals surface area contributed by atoms with Crippen LogP contribution in [0.3, 0.4) is 0 Å². The summed E-state index contributed by atoms with van der Waals surface area (Å²) in [6.45, 7) is 0.625. The molecule has 1 aromatic carbocycles. The first-order valence-corrected chi connectivity index (χ1v) is 8.83. The van der Waals surface area contributed by atoms with Crippen molar-refractivity contribution in [2.45, 2.75) is 13.1 Å². The van der Waals surface area contributed by atoms with E-state index in [9.17, 15) is 9.59 Å². The second-order valence-electron chi connectivity index (χ2n) is 6.32. The van der Waals surface area contributed by atoms with Crippen molar-refractivity contribution in [3.63, 3.8) is 0 Å². The summed E-state index contributed by atoms with van der Waals surface area (Å²) in [7, 11) is 0. The number of nitrogens with one attached hydrogen (secondary N) is 1. The molecule has 4 aromatic rings. The number of amides is 1. The van der Waals surface area contributed by atoms with Gasteiger partial charge in [-0.05, 0) is 42.0 Å². The maximum Gasteiger partial charge on any atom is 0.261 e. The molecule has 0 aliphatic heterocycles. The van der Waals surface area contributed by atoms with Crippen LogP contribution in [0.25, 0.3) is 11.5 Å². The molecule has 6 nitrogen and oxygen atoms in total. The zero-order chi connectivity index (χ0) is 19.3. The number of hydrogen-bond acceptors (Lipinski definition) is 4. The van der Waals surface area contributed by atoms with Gasteiger partial charge in [-0.2, -0.15) is 0 Å². The van der Waals surface area contributed by atoms with Crippen LogP contribution in [0.2, 0.25) is 0 Å². The third-order valence-electron chi connectivity index (χ3n) is 4.36. The lowest BCUT2D eigenvalue weighted by Gasteiger charge is -2.21. The maximum absolute atomic E-state index is 13.1. The molecule has 0 unspecified atom stereocenters. The number of H-pyrrole nitrogens is 1. The molecule has 6 heteroatoms. The van der Waals surface area contributed by atoms with Crippen LogP contribution >= 0.6 is 0 Å². The fourth-order valence-electron chi connectivity index (χ4n) is 2.98. The first kappa shape index (κ1) is 17.6. The highest BCUT2D eigenvalue weighted by molar-refractivity contribution is 5.94. The summed E-state index contributed by atoms with van der Waals surface area (Å²) in [5.74, 6) is 0.813. The molecular weight excluding hydrogens is 356 g/mol. The number of benzene rings is 1. The Balaban J connectivity index is 1.63. The second kappa shape index (κ2) is 7.84. The molecule has 0 atom stereocenters. The fourth-order valence-corrected chi connectivity index (χ4v) is 2.98. The third-order valence-corrected chi connectivity index (χ3v) is 4.36. The predicted molar refractivity (Wildman–Crippen MR) is 103 cm³/mol. The third kappa shape index (κ3) is 3.81. The van der Waals surface area contributed by atoms with Gasteiger partial charge in [0, 0.05) is 6.54 Å². The van der Waals surface area contributed by atoms with Crippen LogP contribution in [0.4, 0.5) is 0 Å². The summed E-state index contributed by atoms with van der Waals surface area (Å²) in [5, 5.41) is 0. The van der Waals surface area contributed by atoms with E-state index in [1.54, 1.807) is 41.5 Å². The zero-order valence-electron chi connectivity index (χ0n) is 15.0. The summed E-state index contributed by atoms with van der Waals surface area (Å²) in [6.07, 6.45) is 3.09. The first-order chi connectivity index (χ1) is 13.7. The molecule has 0 saturated heterocycles. The molecule has 0 spiro atoms. The Morgan fingerprint density at radius 2 is 1.64 bits per heavy atom. The molecule has 0 bridgehead atoms. The predicted octanol–water partition coefficient (Wildman–Crippen LogP) is 4.07. The largest absolute Gasteiger partial charge is 0.467 e. The van der Waals surface area contributed by atoms with E-state index < -0.39 is 5.56 Å². The number of pyridine rings is 1. The normalized spacial score (nSPS) is 10.7. The number of hydrogen-bond donors (Lipinski definition) is 1. The van der Waals surface area contributed by atoms with E-state index >= 15 is 0 Å². The van der Waals surface area contributed by atoms with E-state index in [0.29, 0.717) is 23.8 Å². The number of carbonyl (C=O) groups excluding carboxylic acids is 1. The van der Waals surface area contributed by atoms with Gasteiger partial charge in [0.05, 0.1) is 24.8 Å². The van der Waals surface area contributed by atoms with Crippen molar-refractivity contribution in [3.8, 4) is 11.5 Å². The summed E-state index contributed by atoms with van der Waals surface area (Å²) in [5.41, 5.74) is 1.09. The highest BCUT2D eigenvalue weighted by Gasteiger charge is 2.21. The highest BCUT2D eigenvalue weighted by Crippen LogP contribution is 2.17. The quantitative estimate of drug-likeness (QED) is 0.552. The lowest BCUT2D eigenvalue weighted by Crippen LogP contribution is -2.34. The Labute approximate surface area is 161 Å². The molecule has 28 heavy (non-hydrogen) atoms. The number of nitrogens with zero attached hydrogens (tertiary/aromatic N) is 1. The molecule has 1 N–H and O–H groups in total. The van der Waals surface area contributed by atoms with Crippen molar-refractivity contribution < 1.29 is 13.6 Å². The fraction of sp³-hybridized carbons (Fsp3) is 0.0909. The van der Waals surface area contributed by atoms with E-state index in [0.717, 1.165) is 5.56 Å². The summed E-state index contributed by atoms with van der Waals surface area (Å²) in [6, 6.07) is 19.9. The number of furan rings is 2. The highest BCUT2D eigenvalue weighted by atomic mass is 16.3. The van der Waals surface area contributed by atoms with Crippen LogP contribution in [-0.2, 0) is 13.1 Å². The van der Waals surface area contributed by atoms with E-state index in [4.69, 9.17) is 8.83 Å². The van der Waals surface area contributed by atoms with Crippen molar-refractivity contribution in [2.24, 2.45) is 0 Å². The molecule has 4 rings (SSSR count). The first-order valence-electron chi connectivity index (χ1n) is 8.83. The van der Waals surface area contributed by atoms with Gasteiger partial charge < -0.3 is 18.7 Å². The van der Waals surface area contributed by atoms with Gasteiger partial charge in [-0.25, -0.2) is 0 Å². The van der Waals surface area contributed by atoms with Gasteiger partial charge >= 0.3 is 0 Å². The van der Waals surface area contributed by atoms with Crippen molar-refractivity contribution in [1.82, 2.24) is 9.88 Å². The molecule has 3 heterocycles. The van der Waals surface area contributed by atoms with E-state index in [1.165, 1.54) is 12.3 Å². The van der Waals surface area contributed by atoms with Gasteiger partial charge in [0.2, 0.25) is 0 Å². The summed E-state index contributed by atoms with van der Waals surface area (Å²) < 4.78 is 10.7. The van der Waals surface area contributed by atoms with Crippen molar-refractivity contribution in [3.05, 3.63) is 106 Å². The Bertz CT molecular complexity index is 1100. The lowest BCUT2D eigenvalue weighted by atomic mass is 10.1. The number of carbonyl (C=O) groups is 1. The van der Waals surface area contributed by atoms with Gasteiger partial charge in [-0.1, -0.05) is 30.3 Å². The van der Waals surface area contributed by atoms with Gasteiger partial charge in [0.25, 0.3) is 11.5 Å². The monoisotopic (exact) mass is 374 g/mol. The molecule has 0 radical (unpaired) electrons. The minimum Gasteiger partial charge on any atom is -0.467 e. The standard InChI is InChI=1S/C22H18N2O4/c25-21-18(10-11-19(23-21)20-9-5-13-28-20)22(26)24(15-17-8-4-12-27-17)14-16-6-2-1-3-7-16/h1-13H,14-15H2,(H,23,25). The van der Waals surface area contributed by atoms with E-state index in [1.807, 2.05) is 30.3 Å². The van der Waals surface area contributed by atoms with Crippen molar-refractivity contribution >= 4 is 5.91 Å². The SMILES string of the molecule is O=C(c1ccc(-c2ccco2)[nH]c1=O)N(Cc1ccccc1)Cc1ccco1. The Hall–Kier alpha value is -3.80. The lowest BCUT2D eigenvalue weighted by molar-refractivity contribution is 0.0716.